The Morgan fingerprint density at radius 3 is 2.60 bits per heavy atom. The lowest BCUT2D eigenvalue weighted by Crippen LogP contribution is -2.31. The molecule has 1 fully saturated rings. The van der Waals surface area contributed by atoms with Crippen LogP contribution >= 0.6 is 11.8 Å². The molecule has 2 heterocycles. The molecule has 1 aromatic heterocycles. The molecule has 0 radical (unpaired) electrons. The van der Waals surface area contributed by atoms with Crippen molar-refractivity contribution in [3.05, 3.63) is 64.2 Å². The molecular weight excluding hydrogens is 334 g/mol. The molecule has 0 amide bonds. The second-order valence-electron chi connectivity index (χ2n) is 6.27. The van der Waals surface area contributed by atoms with Crippen molar-refractivity contribution in [3.63, 3.8) is 0 Å². The second kappa shape index (κ2) is 6.90. The van der Waals surface area contributed by atoms with E-state index in [1.807, 2.05) is 48.2 Å². The van der Waals surface area contributed by atoms with E-state index in [4.69, 9.17) is 0 Å². The number of hydrogen-bond acceptors (Lipinski definition) is 4. The number of thioether (sulfide) groups is 1. The lowest BCUT2D eigenvalue weighted by molar-refractivity contribution is -0.383. The number of nitro groups is 1. The van der Waals surface area contributed by atoms with Crippen LogP contribution in [-0.4, -0.2) is 39.4 Å². The van der Waals surface area contributed by atoms with Crippen LogP contribution in [0.5, 0.6) is 0 Å². The summed E-state index contributed by atoms with van der Waals surface area (Å²) >= 11 is 1.97. The molecule has 3 aromatic rings. The summed E-state index contributed by atoms with van der Waals surface area (Å²) in [6.45, 7) is 2.85. The Morgan fingerprint density at radius 1 is 1.12 bits per heavy atom. The average Bonchev–Trinajstić information content (AvgIpc) is 3.06. The highest BCUT2D eigenvalue weighted by atomic mass is 32.2. The fourth-order valence-electron chi connectivity index (χ4n) is 3.31. The van der Waals surface area contributed by atoms with Gasteiger partial charge in [-0.25, -0.2) is 0 Å². The number of aromatic amines is 1. The summed E-state index contributed by atoms with van der Waals surface area (Å²) in [5.41, 5.74) is 3.69. The summed E-state index contributed by atoms with van der Waals surface area (Å²) in [4.78, 5) is 16.9. The number of rotatable bonds is 4. The van der Waals surface area contributed by atoms with Gasteiger partial charge in [-0.05, 0) is 23.3 Å². The molecule has 5 nitrogen and oxygen atoms in total. The predicted octanol–water partition coefficient (Wildman–Crippen LogP) is 4.29. The Balaban J connectivity index is 1.74. The van der Waals surface area contributed by atoms with E-state index in [0.717, 1.165) is 53.3 Å². The van der Waals surface area contributed by atoms with E-state index in [-0.39, 0.29) is 10.6 Å². The summed E-state index contributed by atoms with van der Waals surface area (Å²) in [5.74, 6) is 2.26. The number of H-pyrrole nitrogens is 1. The Hall–Kier alpha value is -2.31. The van der Waals surface area contributed by atoms with Crippen LogP contribution in [0, 0.1) is 10.1 Å². The van der Waals surface area contributed by atoms with Crippen molar-refractivity contribution in [2.24, 2.45) is 0 Å². The summed E-state index contributed by atoms with van der Waals surface area (Å²) < 4.78 is 0. The summed E-state index contributed by atoms with van der Waals surface area (Å²) in [6, 6.07) is 15.7. The maximum absolute atomic E-state index is 11.6. The lowest BCUT2D eigenvalue weighted by Gasteiger charge is -2.26. The zero-order valence-corrected chi connectivity index (χ0v) is 14.6. The molecule has 6 heteroatoms. The minimum atomic E-state index is -0.289. The van der Waals surface area contributed by atoms with Crippen molar-refractivity contribution in [1.82, 2.24) is 9.88 Å². The fraction of sp³-hybridized carbons (Fsp3) is 0.263. The normalized spacial score (nSPS) is 15.5. The van der Waals surface area contributed by atoms with Gasteiger partial charge in [0.15, 0.2) is 0 Å². The molecule has 1 N–H and O–H groups in total. The molecule has 0 saturated carbocycles. The van der Waals surface area contributed by atoms with Crippen molar-refractivity contribution >= 4 is 28.4 Å². The van der Waals surface area contributed by atoms with Crippen LogP contribution in [0.2, 0.25) is 0 Å². The standard InChI is InChI=1S/C19H19N3O2S/c23-22(24)18-11-14(13-21-6-8-25-9-7-21)10-16-12-17(20-19(16)18)15-4-2-1-3-5-15/h1-5,10-12,20H,6-9,13H2. The molecule has 128 valence electrons. The highest BCUT2D eigenvalue weighted by Crippen LogP contribution is 2.32. The minimum absolute atomic E-state index is 0.154. The third-order valence-electron chi connectivity index (χ3n) is 4.56. The summed E-state index contributed by atoms with van der Waals surface area (Å²) in [6.07, 6.45) is 0. The van der Waals surface area contributed by atoms with Gasteiger partial charge in [0, 0.05) is 48.3 Å². The third-order valence-corrected chi connectivity index (χ3v) is 5.50. The Bertz CT molecular complexity index is 902. The first-order valence-electron chi connectivity index (χ1n) is 8.36. The molecule has 0 spiro atoms. The molecule has 0 aliphatic carbocycles. The first kappa shape index (κ1) is 16.2. The van der Waals surface area contributed by atoms with Crippen LogP contribution in [0.3, 0.4) is 0 Å². The number of nitrogens with one attached hydrogen (secondary N) is 1. The highest BCUT2D eigenvalue weighted by molar-refractivity contribution is 7.99. The van der Waals surface area contributed by atoms with E-state index in [1.165, 1.54) is 0 Å². The number of aromatic nitrogens is 1. The number of non-ortho nitro benzene ring substituents is 1. The molecule has 0 bridgehead atoms. The minimum Gasteiger partial charge on any atom is -0.349 e. The van der Waals surface area contributed by atoms with E-state index < -0.39 is 0 Å². The zero-order valence-electron chi connectivity index (χ0n) is 13.8. The first-order valence-corrected chi connectivity index (χ1v) is 9.52. The van der Waals surface area contributed by atoms with Crippen molar-refractivity contribution in [1.29, 1.82) is 0 Å². The Kier molecular flexibility index (Phi) is 4.46. The van der Waals surface area contributed by atoms with Crippen molar-refractivity contribution in [3.8, 4) is 11.3 Å². The molecule has 1 aliphatic rings. The zero-order chi connectivity index (χ0) is 17.2. The molecule has 0 atom stereocenters. The number of nitrogens with zero attached hydrogens (tertiary/aromatic N) is 2. The monoisotopic (exact) mass is 353 g/mol. The predicted molar refractivity (Wildman–Crippen MR) is 103 cm³/mol. The van der Waals surface area contributed by atoms with Gasteiger partial charge in [0.2, 0.25) is 0 Å². The van der Waals surface area contributed by atoms with Crippen LogP contribution < -0.4 is 0 Å². The Labute approximate surface area is 150 Å². The van der Waals surface area contributed by atoms with Gasteiger partial charge in [-0.1, -0.05) is 30.3 Å². The van der Waals surface area contributed by atoms with E-state index in [9.17, 15) is 10.1 Å². The molecule has 4 rings (SSSR count). The maximum Gasteiger partial charge on any atom is 0.293 e. The molecular formula is C19H19N3O2S. The van der Waals surface area contributed by atoms with Crippen LogP contribution in [0.15, 0.2) is 48.5 Å². The van der Waals surface area contributed by atoms with Gasteiger partial charge < -0.3 is 4.98 Å². The highest BCUT2D eigenvalue weighted by Gasteiger charge is 2.19. The van der Waals surface area contributed by atoms with E-state index in [1.54, 1.807) is 6.07 Å². The van der Waals surface area contributed by atoms with Gasteiger partial charge in [0.1, 0.15) is 5.52 Å². The first-order chi connectivity index (χ1) is 12.2. The SMILES string of the molecule is O=[N+]([O-])c1cc(CN2CCSCC2)cc2cc(-c3ccccc3)[nH]c12. The van der Waals surface area contributed by atoms with E-state index in [2.05, 4.69) is 16.0 Å². The molecule has 1 saturated heterocycles. The van der Waals surface area contributed by atoms with Gasteiger partial charge in [-0.2, -0.15) is 11.8 Å². The quantitative estimate of drug-likeness (QED) is 0.561. The van der Waals surface area contributed by atoms with Crippen LogP contribution in [0.4, 0.5) is 5.69 Å². The number of benzene rings is 2. The maximum atomic E-state index is 11.6. The van der Waals surface area contributed by atoms with Crippen LogP contribution in [0.25, 0.3) is 22.2 Å². The second-order valence-corrected chi connectivity index (χ2v) is 7.50. The molecule has 25 heavy (non-hydrogen) atoms. The smallest absolute Gasteiger partial charge is 0.293 e. The summed E-state index contributed by atoms with van der Waals surface area (Å²) in [7, 11) is 0. The van der Waals surface area contributed by atoms with Crippen molar-refractivity contribution < 1.29 is 4.92 Å². The van der Waals surface area contributed by atoms with Crippen molar-refractivity contribution in [2.45, 2.75) is 6.54 Å². The Morgan fingerprint density at radius 2 is 1.88 bits per heavy atom. The number of nitro benzene ring substituents is 1. The fourth-order valence-corrected chi connectivity index (χ4v) is 4.29. The van der Waals surface area contributed by atoms with Gasteiger partial charge in [-0.15, -0.1) is 0 Å². The molecule has 2 aromatic carbocycles. The van der Waals surface area contributed by atoms with Gasteiger partial charge in [-0.3, -0.25) is 15.0 Å². The van der Waals surface area contributed by atoms with Gasteiger partial charge >= 0.3 is 0 Å². The van der Waals surface area contributed by atoms with E-state index in [0.29, 0.717) is 5.52 Å². The third kappa shape index (κ3) is 3.41. The van der Waals surface area contributed by atoms with E-state index >= 15 is 0 Å². The van der Waals surface area contributed by atoms with Crippen LogP contribution in [0.1, 0.15) is 5.56 Å². The molecule has 0 unspecified atom stereocenters. The largest absolute Gasteiger partial charge is 0.349 e. The molecule has 1 aliphatic heterocycles. The van der Waals surface area contributed by atoms with Crippen LogP contribution in [-0.2, 0) is 6.54 Å². The summed E-state index contributed by atoms with van der Waals surface area (Å²) in [5, 5.41) is 12.5. The number of hydrogen-bond donors (Lipinski definition) is 1. The van der Waals surface area contributed by atoms with Gasteiger partial charge in [0.25, 0.3) is 5.69 Å². The topological polar surface area (TPSA) is 62.2 Å². The lowest BCUT2D eigenvalue weighted by atomic mass is 10.1. The number of fused-ring (bicyclic) bond motifs is 1. The van der Waals surface area contributed by atoms with Gasteiger partial charge in [0.05, 0.1) is 4.92 Å². The van der Waals surface area contributed by atoms with Crippen molar-refractivity contribution in [2.75, 3.05) is 24.6 Å². The average molecular weight is 353 g/mol.